The zero-order valence-corrected chi connectivity index (χ0v) is 15.9. The van der Waals surface area contributed by atoms with Crippen LogP contribution in [0.5, 0.6) is 5.75 Å². The predicted molar refractivity (Wildman–Crippen MR) is 106 cm³/mol. The zero-order valence-electron chi connectivity index (χ0n) is 15.1. The number of nitrogens with zero attached hydrogens (tertiary/aromatic N) is 3. The van der Waals surface area contributed by atoms with Gasteiger partial charge in [-0.25, -0.2) is 4.68 Å². The molecule has 0 radical (unpaired) electrons. The van der Waals surface area contributed by atoms with Crippen LogP contribution >= 0.6 is 11.8 Å². The minimum absolute atomic E-state index is 0.0702. The van der Waals surface area contributed by atoms with E-state index in [0.29, 0.717) is 16.7 Å². The van der Waals surface area contributed by atoms with Crippen molar-refractivity contribution in [2.75, 3.05) is 18.7 Å². The van der Waals surface area contributed by atoms with Crippen molar-refractivity contribution in [3.05, 3.63) is 60.2 Å². The zero-order chi connectivity index (χ0) is 19.2. The maximum Gasteiger partial charge on any atom is 0.230 e. The van der Waals surface area contributed by atoms with Crippen LogP contribution in [0.2, 0.25) is 0 Å². The third kappa shape index (κ3) is 4.40. The summed E-state index contributed by atoms with van der Waals surface area (Å²) in [6.07, 6.45) is 0. The van der Waals surface area contributed by atoms with E-state index in [4.69, 9.17) is 10.6 Å². The van der Waals surface area contributed by atoms with Crippen molar-refractivity contribution in [1.29, 1.82) is 0 Å². The molecule has 0 aliphatic carbocycles. The van der Waals surface area contributed by atoms with Crippen molar-refractivity contribution in [2.24, 2.45) is 0 Å². The van der Waals surface area contributed by atoms with Crippen LogP contribution in [0.25, 0.3) is 11.4 Å². The Morgan fingerprint density at radius 3 is 2.63 bits per heavy atom. The summed E-state index contributed by atoms with van der Waals surface area (Å²) in [7, 11) is 1.59. The van der Waals surface area contributed by atoms with Gasteiger partial charge in [0.1, 0.15) is 5.75 Å². The number of nitrogen functional groups attached to an aromatic ring is 1. The fourth-order valence-corrected chi connectivity index (χ4v) is 3.29. The highest BCUT2D eigenvalue weighted by molar-refractivity contribution is 7.99. The van der Waals surface area contributed by atoms with Crippen molar-refractivity contribution in [1.82, 2.24) is 20.2 Å². The van der Waals surface area contributed by atoms with Crippen LogP contribution in [0.1, 0.15) is 18.5 Å². The fourth-order valence-electron chi connectivity index (χ4n) is 2.63. The van der Waals surface area contributed by atoms with E-state index in [0.717, 1.165) is 11.1 Å². The molecule has 1 unspecified atom stereocenters. The summed E-state index contributed by atoms with van der Waals surface area (Å²) in [4.78, 5) is 12.2. The number of para-hydroxylation sites is 1. The summed E-state index contributed by atoms with van der Waals surface area (Å²) < 4.78 is 6.71. The molecule has 3 aromatic rings. The molecule has 1 atom stereocenters. The number of benzene rings is 2. The first-order valence-corrected chi connectivity index (χ1v) is 9.39. The maximum atomic E-state index is 12.2. The number of amides is 1. The average molecular weight is 383 g/mol. The Bertz CT molecular complexity index is 913. The van der Waals surface area contributed by atoms with E-state index >= 15 is 0 Å². The lowest BCUT2D eigenvalue weighted by molar-refractivity contribution is -0.119. The minimum Gasteiger partial charge on any atom is -0.496 e. The molecule has 8 heteroatoms. The number of hydrogen-bond acceptors (Lipinski definition) is 6. The molecule has 0 saturated carbocycles. The van der Waals surface area contributed by atoms with Crippen LogP contribution in [-0.4, -0.2) is 33.6 Å². The number of methoxy groups -OCH3 is 1. The summed E-state index contributed by atoms with van der Waals surface area (Å²) >= 11 is 1.23. The van der Waals surface area contributed by atoms with Crippen LogP contribution in [0.3, 0.4) is 0 Å². The normalized spacial score (nSPS) is 11.8. The van der Waals surface area contributed by atoms with Crippen molar-refractivity contribution >= 4 is 17.7 Å². The summed E-state index contributed by atoms with van der Waals surface area (Å²) in [5, 5.41) is 11.7. The minimum atomic E-state index is -0.0989. The van der Waals surface area contributed by atoms with Crippen molar-refractivity contribution in [2.45, 2.75) is 18.1 Å². The number of ether oxygens (including phenoxy) is 1. The monoisotopic (exact) mass is 383 g/mol. The number of rotatable bonds is 7. The lowest BCUT2D eigenvalue weighted by atomic mass is 10.1. The highest BCUT2D eigenvalue weighted by Crippen LogP contribution is 2.29. The molecule has 1 aromatic heterocycles. The van der Waals surface area contributed by atoms with Crippen molar-refractivity contribution in [3.8, 4) is 17.1 Å². The number of nitrogens with one attached hydrogen (secondary N) is 1. The predicted octanol–water partition coefficient (Wildman–Crippen LogP) is 2.64. The number of hydrogen-bond donors (Lipinski definition) is 2. The standard InChI is InChI=1S/C19H21N5O2S/c1-13(14-8-4-3-5-9-14)21-17(25)12-27-19-23-22-18(24(19)20)15-10-6-7-11-16(15)26-2/h3-11,13H,12,20H2,1-2H3,(H,21,25). The molecule has 2 aromatic carbocycles. The molecule has 1 amide bonds. The van der Waals surface area contributed by atoms with Gasteiger partial charge in [0.15, 0.2) is 5.82 Å². The maximum absolute atomic E-state index is 12.2. The third-order valence-corrected chi connectivity index (χ3v) is 4.96. The summed E-state index contributed by atoms with van der Waals surface area (Å²) in [5.41, 5.74) is 1.79. The first-order valence-electron chi connectivity index (χ1n) is 8.41. The highest BCUT2D eigenvalue weighted by atomic mass is 32.2. The summed E-state index contributed by atoms with van der Waals surface area (Å²) in [5.74, 6) is 7.35. The van der Waals surface area contributed by atoms with E-state index in [-0.39, 0.29) is 17.7 Å². The topological polar surface area (TPSA) is 95.1 Å². The number of aromatic nitrogens is 3. The summed E-state index contributed by atoms with van der Waals surface area (Å²) in [6, 6.07) is 17.2. The molecule has 140 valence electrons. The van der Waals surface area contributed by atoms with Crippen LogP contribution in [0, 0.1) is 0 Å². The Hall–Kier alpha value is -3.00. The van der Waals surface area contributed by atoms with Gasteiger partial charge in [-0.05, 0) is 24.6 Å². The number of carbonyl (C=O) groups is 1. The molecule has 0 spiro atoms. The largest absolute Gasteiger partial charge is 0.496 e. The SMILES string of the molecule is COc1ccccc1-c1nnc(SCC(=O)NC(C)c2ccccc2)n1N. The number of nitrogens with two attached hydrogens (primary N) is 1. The Morgan fingerprint density at radius 1 is 1.19 bits per heavy atom. The first kappa shape index (κ1) is 18.8. The second-order valence-corrected chi connectivity index (χ2v) is 6.81. The van der Waals surface area contributed by atoms with E-state index in [1.54, 1.807) is 7.11 Å². The molecule has 0 bridgehead atoms. The van der Waals surface area contributed by atoms with Gasteiger partial charge in [0.2, 0.25) is 11.1 Å². The lowest BCUT2D eigenvalue weighted by Gasteiger charge is -2.14. The van der Waals surface area contributed by atoms with Gasteiger partial charge in [0.25, 0.3) is 0 Å². The Labute approximate surface area is 161 Å². The molecule has 27 heavy (non-hydrogen) atoms. The Balaban J connectivity index is 1.64. The van der Waals surface area contributed by atoms with Gasteiger partial charge in [0, 0.05) is 0 Å². The number of carbonyl (C=O) groups excluding carboxylic acids is 1. The van der Waals surface area contributed by atoms with Gasteiger partial charge in [-0.2, -0.15) is 0 Å². The highest BCUT2D eigenvalue weighted by Gasteiger charge is 2.17. The average Bonchev–Trinajstić information content (AvgIpc) is 3.07. The van der Waals surface area contributed by atoms with E-state index in [1.807, 2.05) is 61.5 Å². The van der Waals surface area contributed by atoms with E-state index in [2.05, 4.69) is 15.5 Å². The van der Waals surface area contributed by atoms with Gasteiger partial charge < -0.3 is 15.9 Å². The third-order valence-electron chi connectivity index (χ3n) is 4.02. The molecule has 3 N–H and O–H groups in total. The molecule has 7 nitrogen and oxygen atoms in total. The van der Waals surface area contributed by atoms with Crippen LogP contribution < -0.4 is 15.9 Å². The second kappa shape index (κ2) is 8.59. The molecule has 3 rings (SSSR count). The first-order chi connectivity index (χ1) is 13.1. The molecule has 0 fully saturated rings. The van der Waals surface area contributed by atoms with Crippen LogP contribution in [0.4, 0.5) is 0 Å². The van der Waals surface area contributed by atoms with E-state index < -0.39 is 0 Å². The van der Waals surface area contributed by atoms with Gasteiger partial charge in [-0.3, -0.25) is 4.79 Å². The quantitative estimate of drug-likeness (QED) is 0.481. The van der Waals surface area contributed by atoms with Crippen molar-refractivity contribution < 1.29 is 9.53 Å². The van der Waals surface area contributed by atoms with Crippen molar-refractivity contribution in [3.63, 3.8) is 0 Å². The second-order valence-electron chi connectivity index (χ2n) is 5.87. The Morgan fingerprint density at radius 2 is 1.89 bits per heavy atom. The van der Waals surface area contributed by atoms with Gasteiger partial charge in [0.05, 0.1) is 24.5 Å². The molecule has 0 aliphatic rings. The van der Waals surface area contributed by atoms with Crippen LogP contribution in [-0.2, 0) is 4.79 Å². The molecular formula is C19H21N5O2S. The van der Waals surface area contributed by atoms with Gasteiger partial charge >= 0.3 is 0 Å². The molecule has 0 saturated heterocycles. The van der Waals surface area contributed by atoms with Gasteiger partial charge in [-0.15, -0.1) is 10.2 Å². The lowest BCUT2D eigenvalue weighted by Crippen LogP contribution is -2.28. The fraction of sp³-hybridized carbons (Fsp3) is 0.211. The molecule has 0 aliphatic heterocycles. The van der Waals surface area contributed by atoms with E-state index in [1.165, 1.54) is 16.4 Å². The van der Waals surface area contributed by atoms with E-state index in [9.17, 15) is 4.79 Å². The number of thioether (sulfide) groups is 1. The smallest absolute Gasteiger partial charge is 0.230 e. The molecular weight excluding hydrogens is 362 g/mol. The molecule has 1 heterocycles. The van der Waals surface area contributed by atoms with Crippen LogP contribution in [0.15, 0.2) is 59.8 Å². The van der Waals surface area contributed by atoms with Gasteiger partial charge in [-0.1, -0.05) is 54.2 Å². The summed E-state index contributed by atoms with van der Waals surface area (Å²) in [6.45, 7) is 1.95. The Kier molecular flexibility index (Phi) is 5.97.